The lowest BCUT2D eigenvalue weighted by Gasteiger charge is -2.23. The molecule has 0 aromatic heterocycles. The van der Waals surface area contributed by atoms with Gasteiger partial charge in [0.05, 0.1) is 11.4 Å². The number of urea groups is 1. The third kappa shape index (κ3) is 4.39. The molecule has 0 bridgehead atoms. The van der Waals surface area contributed by atoms with E-state index in [1.165, 1.54) is 0 Å². The normalized spacial score (nSPS) is 10.3. The molecule has 0 heterocycles. The summed E-state index contributed by atoms with van der Waals surface area (Å²) in [6, 6.07) is 24.4. The maximum Gasteiger partial charge on any atom is 0.326 e. The molecular weight excluding hydrogens is 378 g/mol. The number of carbonyl (C=O) groups excluding carboxylic acids is 1. The molecule has 3 aromatic carbocycles. The van der Waals surface area contributed by atoms with E-state index in [2.05, 4.69) is 21.2 Å². The summed E-state index contributed by atoms with van der Waals surface area (Å²) in [7, 11) is 0. The first kappa shape index (κ1) is 17.0. The van der Waals surface area contributed by atoms with Crippen molar-refractivity contribution in [2.24, 2.45) is 0 Å². The average molecular weight is 396 g/mol. The summed E-state index contributed by atoms with van der Waals surface area (Å²) in [6.07, 6.45) is 0. The van der Waals surface area contributed by atoms with Crippen molar-refractivity contribution in [1.82, 2.24) is 5.32 Å². The number of hydrogen-bond acceptors (Lipinski definition) is 2. The second-order valence-corrected chi connectivity index (χ2v) is 6.46. The number of nitrogens with one attached hydrogen (secondary N) is 1. The highest BCUT2D eigenvalue weighted by molar-refractivity contribution is 9.10. The number of nitrogens with two attached hydrogens (primary N) is 1. The van der Waals surface area contributed by atoms with Crippen molar-refractivity contribution in [3.05, 3.63) is 88.9 Å². The maximum absolute atomic E-state index is 12.8. The van der Waals surface area contributed by atoms with Gasteiger partial charge in [0.25, 0.3) is 0 Å². The fourth-order valence-electron chi connectivity index (χ4n) is 2.44. The van der Waals surface area contributed by atoms with Gasteiger partial charge in [-0.2, -0.15) is 0 Å². The summed E-state index contributed by atoms with van der Waals surface area (Å²) in [5, 5.41) is 2.97. The number of nitrogens with zero attached hydrogens (tertiary/aromatic N) is 1. The molecule has 0 fully saturated rings. The van der Waals surface area contributed by atoms with Crippen molar-refractivity contribution in [2.45, 2.75) is 6.54 Å². The van der Waals surface area contributed by atoms with Crippen LogP contribution < -0.4 is 16.0 Å². The highest BCUT2D eigenvalue weighted by Gasteiger charge is 2.17. The minimum atomic E-state index is -0.195. The molecule has 5 heteroatoms. The van der Waals surface area contributed by atoms with Crippen LogP contribution >= 0.6 is 15.9 Å². The van der Waals surface area contributed by atoms with E-state index >= 15 is 0 Å². The first-order chi connectivity index (χ1) is 12.1. The van der Waals surface area contributed by atoms with Gasteiger partial charge >= 0.3 is 6.03 Å². The first-order valence-electron chi connectivity index (χ1n) is 7.86. The molecule has 0 radical (unpaired) electrons. The average Bonchev–Trinajstić information content (AvgIpc) is 2.64. The van der Waals surface area contributed by atoms with E-state index in [9.17, 15) is 4.79 Å². The Morgan fingerprint density at radius 3 is 2.12 bits per heavy atom. The zero-order valence-corrected chi connectivity index (χ0v) is 15.1. The van der Waals surface area contributed by atoms with Crippen LogP contribution in [0, 0.1) is 0 Å². The monoisotopic (exact) mass is 395 g/mol. The van der Waals surface area contributed by atoms with Gasteiger partial charge in [0.15, 0.2) is 0 Å². The van der Waals surface area contributed by atoms with Crippen LogP contribution in [0.2, 0.25) is 0 Å². The number of amides is 2. The highest BCUT2D eigenvalue weighted by Crippen LogP contribution is 2.26. The summed E-state index contributed by atoms with van der Waals surface area (Å²) in [5.41, 5.74) is 9.00. The van der Waals surface area contributed by atoms with E-state index in [-0.39, 0.29) is 6.03 Å². The summed E-state index contributed by atoms with van der Waals surface area (Å²) < 4.78 is 1.01. The Kier molecular flexibility index (Phi) is 5.36. The van der Waals surface area contributed by atoms with E-state index in [4.69, 9.17) is 5.73 Å². The standard InChI is InChI=1S/C20H18BrN3O/c21-16-8-6-15(7-9-16)14-23-20(25)24(18-4-2-1-3-5-18)19-12-10-17(22)11-13-19/h1-13H,14,22H2,(H,23,25). The number of halogens is 1. The van der Waals surface area contributed by atoms with Gasteiger partial charge < -0.3 is 11.1 Å². The topological polar surface area (TPSA) is 58.4 Å². The molecule has 126 valence electrons. The van der Waals surface area contributed by atoms with Crippen molar-refractivity contribution >= 4 is 39.0 Å². The summed E-state index contributed by atoms with van der Waals surface area (Å²) in [6.45, 7) is 0.449. The molecule has 25 heavy (non-hydrogen) atoms. The SMILES string of the molecule is Nc1ccc(N(C(=O)NCc2ccc(Br)cc2)c2ccccc2)cc1. The minimum Gasteiger partial charge on any atom is -0.399 e. The molecule has 0 saturated heterocycles. The predicted octanol–water partition coefficient (Wildman–Crippen LogP) is 5.08. The third-order valence-corrected chi connectivity index (χ3v) is 4.25. The smallest absolute Gasteiger partial charge is 0.326 e. The van der Waals surface area contributed by atoms with Crippen LogP contribution in [0.4, 0.5) is 21.9 Å². The molecular formula is C20H18BrN3O. The summed E-state index contributed by atoms with van der Waals surface area (Å²) in [5.74, 6) is 0. The number of benzene rings is 3. The van der Waals surface area contributed by atoms with E-state index < -0.39 is 0 Å². The Morgan fingerprint density at radius 2 is 1.48 bits per heavy atom. The van der Waals surface area contributed by atoms with Crippen molar-refractivity contribution in [2.75, 3.05) is 10.6 Å². The van der Waals surface area contributed by atoms with Gasteiger partial charge in [-0.3, -0.25) is 4.90 Å². The van der Waals surface area contributed by atoms with Crippen LogP contribution in [-0.2, 0) is 6.54 Å². The molecule has 0 spiro atoms. The van der Waals surface area contributed by atoms with Gasteiger partial charge in [0, 0.05) is 16.7 Å². The number of para-hydroxylation sites is 1. The fraction of sp³-hybridized carbons (Fsp3) is 0.0500. The van der Waals surface area contributed by atoms with Gasteiger partial charge in [0.1, 0.15) is 0 Å². The highest BCUT2D eigenvalue weighted by atomic mass is 79.9. The lowest BCUT2D eigenvalue weighted by molar-refractivity contribution is 0.248. The molecule has 2 amide bonds. The van der Waals surface area contributed by atoms with Crippen LogP contribution in [-0.4, -0.2) is 6.03 Å². The Morgan fingerprint density at radius 1 is 0.880 bits per heavy atom. The van der Waals surface area contributed by atoms with Crippen LogP contribution in [0.3, 0.4) is 0 Å². The molecule has 3 rings (SSSR count). The summed E-state index contributed by atoms with van der Waals surface area (Å²) >= 11 is 3.41. The Hall–Kier alpha value is -2.79. The van der Waals surface area contributed by atoms with Gasteiger partial charge in [-0.05, 0) is 54.1 Å². The van der Waals surface area contributed by atoms with Crippen molar-refractivity contribution in [3.8, 4) is 0 Å². The second-order valence-electron chi connectivity index (χ2n) is 5.55. The third-order valence-electron chi connectivity index (χ3n) is 3.73. The van der Waals surface area contributed by atoms with Crippen molar-refractivity contribution < 1.29 is 4.79 Å². The molecule has 0 atom stereocenters. The Balaban J connectivity index is 1.82. The molecule has 0 saturated carbocycles. The van der Waals surface area contributed by atoms with Crippen LogP contribution in [0.5, 0.6) is 0 Å². The molecule has 0 aliphatic carbocycles. The van der Waals surface area contributed by atoms with Gasteiger partial charge in [-0.15, -0.1) is 0 Å². The van der Waals surface area contributed by atoms with Crippen LogP contribution in [0.1, 0.15) is 5.56 Å². The van der Waals surface area contributed by atoms with E-state index in [0.717, 1.165) is 21.4 Å². The van der Waals surface area contributed by atoms with E-state index in [1.807, 2.05) is 66.7 Å². The first-order valence-corrected chi connectivity index (χ1v) is 8.66. The molecule has 0 aliphatic heterocycles. The van der Waals surface area contributed by atoms with Crippen molar-refractivity contribution in [3.63, 3.8) is 0 Å². The lowest BCUT2D eigenvalue weighted by Crippen LogP contribution is -2.36. The van der Waals surface area contributed by atoms with Crippen LogP contribution in [0.25, 0.3) is 0 Å². The number of hydrogen-bond donors (Lipinski definition) is 2. The molecule has 0 unspecified atom stereocenters. The van der Waals surface area contributed by atoms with E-state index in [0.29, 0.717) is 12.2 Å². The van der Waals surface area contributed by atoms with Gasteiger partial charge in [-0.1, -0.05) is 46.3 Å². The summed E-state index contributed by atoms with van der Waals surface area (Å²) in [4.78, 5) is 14.5. The number of nitrogen functional groups attached to an aromatic ring is 1. The number of carbonyl (C=O) groups is 1. The van der Waals surface area contributed by atoms with Gasteiger partial charge in [0.2, 0.25) is 0 Å². The van der Waals surface area contributed by atoms with Crippen LogP contribution in [0.15, 0.2) is 83.3 Å². The minimum absolute atomic E-state index is 0.195. The molecule has 3 N–H and O–H groups in total. The molecule has 4 nitrogen and oxygen atoms in total. The van der Waals surface area contributed by atoms with Crippen molar-refractivity contribution in [1.29, 1.82) is 0 Å². The fourth-order valence-corrected chi connectivity index (χ4v) is 2.71. The largest absolute Gasteiger partial charge is 0.399 e. The predicted molar refractivity (Wildman–Crippen MR) is 106 cm³/mol. The zero-order chi connectivity index (χ0) is 17.6. The number of anilines is 3. The Labute approximate surface area is 155 Å². The quantitative estimate of drug-likeness (QED) is 0.605. The number of rotatable bonds is 4. The Bertz CT molecular complexity index is 833. The van der Waals surface area contributed by atoms with Gasteiger partial charge in [-0.25, -0.2) is 4.79 Å². The molecule has 3 aromatic rings. The van der Waals surface area contributed by atoms with E-state index in [1.54, 1.807) is 17.0 Å². The maximum atomic E-state index is 12.8. The lowest BCUT2D eigenvalue weighted by atomic mass is 10.2. The zero-order valence-electron chi connectivity index (χ0n) is 13.5. The second kappa shape index (κ2) is 7.85. The molecule has 0 aliphatic rings.